The molecule has 0 amide bonds. The van der Waals surface area contributed by atoms with Crippen molar-refractivity contribution in [3.8, 4) is 16.9 Å². The van der Waals surface area contributed by atoms with Crippen LogP contribution in [0.15, 0.2) is 52.8 Å². The van der Waals surface area contributed by atoms with E-state index in [-0.39, 0.29) is 28.6 Å². The molecule has 36 heavy (non-hydrogen) atoms. The van der Waals surface area contributed by atoms with Crippen molar-refractivity contribution in [3.63, 3.8) is 0 Å². The molecule has 2 aromatic carbocycles. The fourth-order valence-electron chi connectivity index (χ4n) is 4.61. The Labute approximate surface area is 210 Å². The van der Waals surface area contributed by atoms with Gasteiger partial charge in [-0.3, -0.25) is 9.59 Å². The minimum absolute atomic E-state index is 0.0790. The minimum Gasteiger partial charge on any atom is -0.427 e. The fourth-order valence-corrected chi connectivity index (χ4v) is 4.61. The molecule has 7 heteroatoms. The summed E-state index contributed by atoms with van der Waals surface area (Å²) in [5.74, 6) is -0.261. The van der Waals surface area contributed by atoms with Crippen LogP contribution in [0.25, 0.3) is 16.8 Å². The maximum Gasteiger partial charge on any atom is 0.298 e. The van der Waals surface area contributed by atoms with Gasteiger partial charge in [0.1, 0.15) is 11.4 Å². The van der Waals surface area contributed by atoms with Crippen LogP contribution in [0.2, 0.25) is 0 Å². The summed E-state index contributed by atoms with van der Waals surface area (Å²) in [5.41, 5.74) is 5.45. The molecule has 1 aromatic heterocycles. The summed E-state index contributed by atoms with van der Waals surface area (Å²) >= 11 is 0. The number of carbonyl (C=O) groups is 1. The Bertz CT molecular complexity index is 1400. The molecule has 0 bridgehead atoms. The number of benzene rings is 2. The first-order valence-corrected chi connectivity index (χ1v) is 12.1. The largest absolute Gasteiger partial charge is 0.427 e. The van der Waals surface area contributed by atoms with Crippen molar-refractivity contribution in [1.29, 1.82) is 0 Å². The highest BCUT2D eigenvalue weighted by atomic mass is 19.1. The monoisotopic (exact) mass is 489 g/mol. The summed E-state index contributed by atoms with van der Waals surface area (Å²) in [5, 5.41) is 6.28. The lowest BCUT2D eigenvalue weighted by Gasteiger charge is -2.23. The molecule has 0 radical (unpaired) electrons. The molecule has 1 aliphatic carbocycles. The molecule has 0 saturated heterocycles. The predicted molar refractivity (Wildman–Crippen MR) is 142 cm³/mol. The summed E-state index contributed by atoms with van der Waals surface area (Å²) in [6.07, 6.45) is 1.80. The van der Waals surface area contributed by atoms with Gasteiger partial charge in [0.2, 0.25) is 0 Å². The van der Waals surface area contributed by atoms with E-state index in [1.54, 1.807) is 16.7 Å². The zero-order valence-corrected chi connectivity index (χ0v) is 21.4. The van der Waals surface area contributed by atoms with Crippen LogP contribution in [-0.2, 0) is 11.3 Å². The molecule has 0 spiro atoms. The van der Waals surface area contributed by atoms with Gasteiger partial charge >= 0.3 is 0 Å². The number of nitrogens with zero attached hydrogens (tertiary/aromatic N) is 1. The molecule has 3 aromatic rings. The van der Waals surface area contributed by atoms with E-state index in [4.69, 9.17) is 4.74 Å². The Kier molecular flexibility index (Phi) is 7.40. The number of nitrogens with one attached hydrogen (secondary N) is 2. The van der Waals surface area contributed by atoms with E-state index in [1.807, 2.05) is 59.0 Å². The molecule has 1 heterocycles. The Morgan fingerprint density at radius 3 is 2.53 bits per heavy atom. The van der Waals surface area contributed by atoms with Gasteiger partial charge < -0.3 is 19.9 Å². The van der Waals surface area contributed by atoms with E-state index < -0.39 is 5.82 Å². The summed E-state index contributed by atoms with van der Waals surface area (Å²) < 4.78 is 22.2. The average Bonchev–Trinajstić information content (AvgIpc) is 3.65. The SMILES string of the molecule is CNCc1cccc(-c2c(OC=O)c(C(Nc3ccc(C)cc3F)=C(C)C)c(=O)n(C3CC3)c2C)c1. The van der Waals surface area contributed by atoms with Crippen LogP contribution >= 0.6 is 0 Å². The number of allylic oxidation sites excluding steroid dienone is 1. The van der Waals surface area contributed by atoms with Gasteiger partial charge in [0.25, 0.3) is 12.0 Å². The minimum atomic E-state index is -0.429. The second kappa shape index (κ2) is 10.5. The number of ether oxygens (including phenoxy) is 1. The van der Waals surface area contributed by atoms with Crippen LogP contribution in [0.1, 0.15) is 55.1 Å². The Hall–Kier alpha value is -3.71. The van der Waals surface area contributed by atoms with Gasteiger partial charge in [0, 0.05) is 23.8 Å². The van der Waals surface area contributed by atoms with Crippen molar-refractivity contribution < 1.29 is 13.9 Å². The highest BCUT2D eigenvalue weighted by Crippen LogP contribution is 2.43. The van der Waals surface area contributed by atoms with Crippen LogP contribution in [0.5, 0.6) is 5.75 Å². The van der Waals surface area contributed by atoms with Crippen LogP contribution in [0.3, 0.4) is 0 Å². The number of anilines is 1. The van der Waals surface area contributed by atoms with Crippen molar-refractivity contribution in [2.75, 3.05) is 12.4 Å². The molecule has 1 saturated carbocycles. The number of aromatic nitrogens is 1. The lowest BCUT2D eigenvalue weighted by molar-refractivity contribution is -0.120. The average molecular weight is 490 g/mol. The van der Waals surface area contributed by atoms with Crippen molar-refractivity contribution in [2.24, 2.45) is 0 Å². The number of hydrogen-bond donors (Lipinski definition) is 2. The number of aryl methyl sites for hydroxylation is 1. The Balaban J connectivity index is 2.02. The third-order valence-electron chi connectivity index (χ3n) is 6.42. The normalized spacial score (nSPS) is 12.8. The molecule has 0 aliphatic heterocycles. The highest BCUT2D eigenvalue weighted by Gasteiger charge is 2.33. The van der Waals surface area contributed by atoms with Crippen molar-refractivity contribution >= 4 is 17.9 Å². The second-order valence-electron chi connectivity index (χ2n) is 9.50. The Morgan fingerprint density at radius 1 is 1.17 bits per heavy atom. The number of rotatable bonds is 9. The molecule has 4 rings (SSSR count). The number of pyridine rings is 1. The predicted octanol–water partition coefficient (Wildman–Crippen LogP) is 5.72. The van der Waals surface area contributed by atoms with Gasteiger partial charge in [0.05, 0.1) is 11.4 Å². The topological polar surface area (TPSA) is 72.4 Å². The molecule has 1 fully saturated rings. The second-order valence-corrected chi connectivity index (χ2v) is 9.50. The van der Waals surface area contributed by atoms with E-state index in [0.717, 1.165) is 40.8 Å². The first-order valence-electron chi connectivity index (χ1n) is 12.1. The summed E-state index contributed by atoms with van der Waals surface area (Å²) in [7, 11) is 1.88. The van der Waals surface area contributed by atoms with E-state index in [0.29, 0.717) is 24.3 Å². The molecular weight excluding hydrogens is 457 g/mol. The van der Waals surface area contributed by atoms with Crippen molar-refractivity contribution in [1.82, 2.24) is 9.88 Å². The zero-order chi connectivity index (χ0) is 26.0. The van der Waals surface area contributed by atoms with Crippen LogP contribution in [0.4, 0.5) is 10.1 Å². The van der Waals surface area contributed by atoms with Crippen molar-refractivity contribution in [2.45, 2.75) is 53.1 Å². The Morgan fingerprint density at radius 2 is 1.92 bits per heavy atom. The summed E-state index contributed by atoms with van der Waals surface area (Å²) in [6.45, 7) is 8.39. The fraction of sp³-hybridized carbons (Fsp3) is 0.310. The molecule has 0 unspecified atom stereocenters. The third kappa shape index (κ3) is 4.97. The molecular formula is C29H32FN3O3. The molecule has 1 aliphatic rings. The lowest BCUT2D eigenvalue weighted by Crippen LogP contribution is -2.28. The first kappa shape index (κ1) is 25.4. The lowest BCUT2D eigenvalue weighted by atomic mass is 9.96. The van der Waals surface area contributed by atoms with Gasteiger partial charge in [-0.15, -0.1) is 0 Å². The number of hydrogen-bond acceptors (Lipinski definition) is 5. The molecule has 188 valence electrons. The molecule has 6 nitrogen and oxygen atoms in total. The zero-order valence-electron chi connectivity index (χ0n) is 21.4. The van der Waals surface area contributed by atoms with Crippen LogP contribution < -0.4 is 20.9 Å². The van der Waals surface area contributed by atoms with E-state index >= 15 is 0 Å². The van der Waals surface area contributed by atoms with E-state index in [1.165, 1.54) is 6.07 Å². The summed E-state index contributed by atoms with van der Waals surface area (Å²) in [6, 6.07) is 12.9. The quantitative estimate of drug-likeness (QED) is 0.376. The summed E-state index contributed by atoms with van der Waals surface area (Å²) in [4.78, 5) is 25.7. The van der Waals surface area contributed by atoms with Gasteiger partial charge in [0.15, 0.2) is 5.75 Å². The van der Waals surface area contributed by atoms with Crippen molar-refractivity contribution in [3.05, 3.63) is 86.6 Å². The molecule has 2 N–H and O–H groups in total. The number of halogens is 1. The highest BCUT2D eigenvalue weighted by molar-refractivity contribution is 5.88. The van der Waals surface area contributed by atoms with Gasteiger partial charge in [-0.2, -0.15) is 0 Å². The smallest absolute Gasteiger partial charge is 0.298 e. The standard InChI is InChI=1S/C29H32FN3O3/c1-17(2)27(32-24-12-9-18(3)13-23(24)30)26-28(36-16-34)25(19(4)33(29(26)35)22-10-11-22)21-8-6-7-20(14-21)15-31-5/h6-9,12-14,16,22,31-32H,10-11,15H2,1-5H3. The van der Waals surface area contributed by atoms with Gasteiger partial charge in [-0.05, 0) is 82.5 Å². The van der Waals surface area contributed by atoms with Gasteiger partial charge in [-0.25, -0.2) is 4.39 Å². The molecule has 0 atom stereocenters. The van der Waals surface area contributed by atoms with Crippen LogP contribution in [-0.4, -0.2) is 18.1 Å². The maximum atomic E-state index is 14.8. The van der Waals surface area contributed by atoms with E-state index in [2.05, 4.69) is 10.6 Å². The first-order chi connectivity index (χ1) is 17.3. The van der Waals surface area contributed by atoms with Gasteiger partial charge in [-0.1, -0.05) is 29.8 Å². The van der Waals surface area contributed by atoms with E-state index in [9.17, 15) is 14.0 Å². The maximum absolute atomic E-state index is 14.8. The number of carbonyl (C=O) groups excluding carboxylic acids is 1. The third-order valence-corrected chi connectivity index (χ3v) is 6.42. The van der Waals surface area contributed by atoms with Crippen LogP contribution in [0, 0.1) is 19.7 Å².